The summed E-state index contributed by atoms with van der Waals surface area (Å²) in [4.78, 5) is 4.13. The number of ether oxygens (including phenoxy) is 1. The summed E-state index contributed by atoms with van der Waals surface area (Å²) in [5, 5.41) is 0. The minimum Gasteiger partial charge on any atom is -0.479 e. The van der Waals surface area contributed by atoms with Crippen molar-refractivity contribution in [3.05, 3.63) is 36.4 Å². The number of rotatable bonds is 1. The molecule has 0 bridgehead atoms. The Morgan fingerprint density at radius 3 is 1.62 bits per heavy atom. The number of aliphatic imine (C=N–C) groups is 1. The molecule has 2 nitrogen and oxygen atoms in total. The summed E-state index contributed by atoms with van der Waals surface area (Å²) in [7, 11) is 0. The van der Waals surface area contributed by atoms with E-state index >= 15 is 0 Å². The van der Waals surface area contributed by atoms with E-state index in [1.807, 2.05) is 50.2 Å². The van der Waals surface area contributed by atoms with E-state index in [9.17, 15) is 0 Å². The Labute approximate surface area is 99.4 Å². The molecule has 0 radical (unpaired) electrons. The highest BCUT2D eigenvalue weighted by Crippen LogP contribution is 2.03. The molecule has 0 aromatic heterocycles. The highest BCUT2D eigenvalue weighted by atomic mass is 16.5. The Morgan fingerprint density at radius 2 is 1.44 bits per heavy atom. The van der Waals surface area contributed by atoms with Crippen molar-refractivity contribution in [1.82, 2.24) is 0 Å². The summed E-state index contributed by atoms with van der Waals surface area (Å²) in [6.07, 6.45) is 0. The van der Waals surface area contributed by atoms with Crippen molar-refractivity contribution >= 4 is 5.90 Å². The first-order chi connectivity index (χ1) is 7.80. The highest BCUT2D eigenvalue weighted by Gasteiger charge is 2.09. The molecule has 1 aromatic rings. The quantitative estimate of drug-likeness (QED) is 0.707. The van der Waals surface area contributed by atoms with E-state index in [0.717, 1.165) is 19.0 Å². The van der Waals surface area contributed by atoms with Crippen LogP contribution in [0.5, 0.6) is 0 Å². The molecule has 0 saturated carbocycles. The molecule has 0 saturated heterocycles. The molecule has 0 N–H and O–H groups in total. The lowest BCUT2D eigenvalue weighted by molar-refractivity contribution is 0.328. The van der Waals surface area contributed by atoms with Crippen LogP contribution in [0.2, 0.25) is 0 Å². The van der Waals surface area contributed by atoms with Crippen LogP contribution in [0, 0.1) is 5.92 Å². The third kappa shape index (κ3) is 7.04. The maximum absolute atomic E-state index is 5.16. The number of hydrogen-bond donors (Lipinski definition) is 0. The summed E-state index contributed by atoms with van der Waals surface area (Å²) in [5.74, 6) is 1.39. The monoisotopic (exact) mass is 221 g/mol. The second-order valence-electron chi connectivity index (χ2n) is 3.38. The van der Waals surface area contributed by atoms with Crippen molar-refractivity contribution in [1.29, 1.82) is 0 Å². The van der Waals surface area contributed by atoms with Gasteiger partial charge in [-0.3, -0.25) is 4.99 Å². The second kappa shape index (κ2) is 10.2. The zero-order chi connectivity index (χ0) is 12.2. The first kappa shape index (κ1) is 14.7. The van der Waals surface area contributed by atoms with Crippen molar-refractivity contribution < 1.29 is 4.74 Å². The average Bonchev–Trinajstić information content (AvgIpc) is 2.88. The maximum atomic E-state index is 5.16. The molecular weight excluding hydrogens is 198 g/mol. The largest absolute Gasteiger partial charge is 0.479 e. The van der Waals surface area contributed by atoms with Crippen molar-refractivity contribution in [2.45, 2.75) is 27.7 Å². The van der Waals surface area contributed by atoms with Gasteiger partial charge < -0.3 is 4.74 Å². The van der Waals surface area contributed by atoms with E-state index < -0.39 is 0 Å². The molecule has 90 valence electrons. The van der Waals surface area contributed by atoms with Crippen LogP contribution in [0.3, 0.4) is 0 Å². The molecule has 2 heteroatoms. The molecule has 0 atom stereocenters. The third-order valence-corrected chi connectivity index (χ3v) is 1.77. The molecule has 0 fully saturated rings. The van der Waals surface area contributed by atoms with Crippen molar-refractivity contribution in [2.24, 2.45) is 10.9 Å². The van der Waals surface area contributed by atoms with Gasteiger partial charge in [0.1, 0.15) is 6.61 Å². The van der Waals surface area contributed by atoms with Gasteiger partial charge in [-0.25, -0.2) is 0 Å². The van der Waals surface area contributed by atoms with E-state index in [1.165, 1.54) is 0 Å². The van der Waals surface area contributed by atoms with E-state index in [0.29, 0.717) is 5.92 Å². The van der Waals surface area contributed by atoms with Gasteiger partial charge in [0.2, 0.25) is 0 Å². The van der Waals surface area contributed by atoms with Gasteiger partial charge in [-0.2, -0.15) is 0 Å². The summed E-state index contributed by atoms with van der Waals surface area (Å²) in [6.45, 7) is 9.81. The Morgan fingerprint density at radius 1 is 1.00 bits per heavy atom. The van der Waals surface area contributed by atoms with Gasteiger partial charge >= 0.3 is 0 Å². The van der Waals surface area contributed by atoms with E-state index in [2.05, 4.69) is 18.8 Å². The molecule has 1 aromatic carbocycles. The fourth-order valence-corrected chi connectivity index (χ4v) is 1.09. The Bertz CT molecular complexity index is 241. The smallest absolute Gasteiger partial charge is 0.186 e. The maximum Gasteiger partial charge on any atom is 0.186 e. The van der Waals surface area contributed by atoms with Crippen LogP contribution in [0.25, 0.3) is 0 Å². The molecule has 16 heavy (non-hydrogen) atoms. The zero-order valence-electron chi connectivity index (χ0n) is 10.8. The van der Waals surface area contributed by atoms with Crippen LogP contribution in [-0.4, -0.2) is 19.0 Å². The van der Waals surface area contributed by atoms with Gasteiger partial charge in [0.15, 0.2) is 5.90 Å². The number of hydrogen-bond acceptors (Lipinski definition) is 2. The first-order valence-corrected chi connectivity index (χ1v) is 5.98. The highest BCUT2D eigenvalue weighted by molar-refractivity contribution is 5.79. The van der Waals surface area contributed by atoms with Gasteiger partial charge in [0.05, 0.1) is 6.54 Å². The Kier molecular flexibility index (Phi) is 9.38. The third-order valence-electron chi connectivity index (χ3n) is 1.77. The van der Waals surface area contributed by atoms with Crippen LogP contribution in [0.4, 0.5) is 0 Å². The molecule has 0 aliphatic carbocycles. The summed E-state index contributed by atoms with van der Waals surface area (Å²) in [5.41, 5.74) is 0. The summed E-state index contributed by atoms with van der Waals surface area (Å²) >= 11 is 0. The molecule has 0 spiro atoms. The predicted octanol–water partition coefficient (Wildman–Crippen LogP) is 3.78. The van der Waals surface area contributed by atoms with Crippen molar-refractivity contribution in [2.75, 3.05) is 13.2 Å². The molecule has 1 aliphatic rings. The zero-order valence-corrected chi connectivity index (χ0v) is 10.8. The molecule has 2 rings (SSSR count). The molecule has 0 unspecified atom stereocenters. The normalized spacial score (nSPS) is 12.7. The van der Waals surface area contributed by atoms with Crippen LogP contribution >= 0.6 is 0 Å². The van der Waals surface area contributed by atoms with Crippen LogP contribution in [0.15, 0.2) is 41.4 Å². The minimum atomic E-state index is 0.470. The fourth-order valence-electron chi connectivity index (χ4n) is 1.09. The van der Waals surface area contributed by atoms with Crippen LogP contribution in [0.1, 0.15) is 27.7 Å². The summed E-state index contributed by atoms with van der Waals surface area (Å²) in [6, 6.07) is 12.0. The fraction of sp³-hybridized carbons (Fsp3) is 0.500. The lowest BCUT2D eigenvalue weighted by atomic mass is 10.2. The van der Waals surface area contributed by atoms with Crippen molar-refractivity contribution in [3.8, 4) is 0 Å². The molecular formula is C14H23NO. The molecule has 0 amide bonds. The predicted molar refractivity (Wildman–Crippen MR) is 70.9 cm³/mol. The van der Waals surface area contributed by atoms with Crippen LogP contribution in [-0.2, 0) is 4.74 Å². The number of nitrogens with zero attached hydrogens (tertiary/aromatic N) is 1. The van der Waals surface area contributed by atoms with E-state index in [-0.39, 0.29) is 0 Å². The van der Waals surface area contributed by atoms with Gasteiger partial charge in [-0.1, -0.05) is 64.1 Å². The number of benzene rings is 1. The molecule has 1 aliphatic heterocycles. The molecule has 1 heterocycles. The topological polar surface area (TPSA) is 21.6 Å². The second-order valence-corrected chi connectivity index (χ2v) is 3.38. The SMILES string of the molecule is CC.CC(C)C1=NCCO1.c1ccccc1. The minimum absolute atomic E-state index is 0.470. The van der Waals surface area contributed by atoms with Gasteiger partial charge in [-0.15, -0.1) is 0 Å². The van der Waals surface area contributed by atoms with Crippen molar-refractivity contribution in [3.63, 3.8) is 0 Å². The Balaban J connectivity index is 0.000000251. The summed E-state index contributed by atoms with van der Waals surface area (Å²) < 4.78 is 5.16. The standard InChI is InChI=1S/C6H11NO.C6H6.C2H6/c1-5(2)6-7-3-4-8-6;1-2-4-6-5-3-1;1-2/h5H,3-4H2,1-2H3;1-6H;1-2H3. The van der Waals surface area contributed by atoms with E-state index in [1.54, 1.807) is 0 Å². The lowest BCUT2D eigenvalue weighted by Crippen LogP contribution is -2.06. The Hall–Kier alpha value is -1.31. The van der Waals surface area contributed by atoms with Gasteiger partial charge in [0, 0.05) is 5.92 Å². The first-order valence-electron chi connectivity index (χ1n) is 5.98. The van der Waals surface area contributed by atoms with Gasteiger partial charge in [-0.05, 0) is 0 Å². The van der Waals surface area contributed by atoms with E-state index in [4.69, 9.17) is 4.74 Å². The average molecular weight is 221 g/mol. The lowest BCUT2D eigenvalue weighted by Gasteiger charge is -2.01. The van der Waals surface area contributed by atoms with Crippen LogP contribution < -0.4 is 0 Å². The van der Waals surface area contributed by atoms with Gasteiger partial charge in [0.25, 0.3) is 0 Å².